The smallest absolute Gasteiger partial charge is 0.223 e. The Kier molecular flexibility index (Phi) is 5.37. The van der Waals surface area contributed by atoms with Crippen molar-refractivity contribution in [3.63, 3.8) is 0 Å². The third-order valence-corrected chi connectivity index (χ3v) is 4.28. The minimum Gasteiger partial charge on any atom is -0.383 e. The first-order valence-electron chi connectivity index (χ1n) is 7.65. The predicted molar refractivity (Wildman–Crippen MR) is 84.1 cm³/mol. The Labute approximate surface area is 127 Å². The minimum atomic E-state index is -0.0463. The fourth-order valence-corrected chi connectivity index (χ4v) is 3.11. The molecule has 1 aromatic carbocycles. The number of rotatable bonds is 4. The van der Waals surface area contributed by atoms with Crippen molar-refractivity contribution in [3.8, 4) is 0 Å². The third-order valence-electron chi connectivity index (χ3n) is 4.28. The van der Waals surface area contributed by atoms with E-state index >= 15 is 0 Å². The fraction of sp³-hybridized carbons (Fsp3) is 0.588. The molecule has 4 heteroatoms. The predicted octanol–water partition coefficient (Wildman–Crippen LogP) is 2.33. The fourth-order valence-electron chi connectivity index (χ4n) is 3.11. The first-order valence-corrected chi connectivity index (χ1v) is 7.65. The van der Waals surface area contributed by atoms with Gasteiger partial charge in [-0.1, -0.05) is 23.8 Å². The topological polar surface area (TPSA) is 55.6 Å². The van der Waals surface area contributed by atoms with E-state index in [4.69, 9.17) is 10.5 Å². The minimum absolute atomic E-state index is 0.0196. The van der Waals surface area contributed by atoms with Crippen molar-refractivity contribution >= 4 is 5.91 Å². The van der Waals surface area contributed by atoms with E-state index in [0.29, 0.717) is 19.6 Å². The van der Waals surface area contributed by atoms with Gasteiger partial charge in [0.1, 0.15) is 0 Å². The van der Waals surface area contributed by atoms with E-state index in [1.54, 1.807) is 7.11 Å². The van der Waals surface area contributed by atoms with Crippen LogP contribution in [0, 0.1) is 13.8 Å². The van der Waals surface area contributed by atoms with Crippen LogP contribution in [0.1, 0.15) is 42.0 Å². The number of likely N-dealkylation sites (tertiary alicyclic amines) is 1. The molecule has 0 saturated carbocycles. The molecule has 2 rings (SSSR count). The van der Waals surface area contributed by atoms with Gasteiger partial charge < -0.3 is 15.4 Å². The van der Waals surface area contributed by atoms with Gasteiger partial charge in [0.2, 0.25) is 5.91 Å². The molecule has 1 aromatic rings. The Balaban J connectivity index is 2.41. The molecule has 4 nitrogen and oxygen atoms in total. The van der Waals surface area contributed by atoms with Gasteiger partial charge in [-0.25, -0.2) is 0 Å². The Morgan fingerprint density at radius 3 is 2.86 bits per heavy atom. The Morgan fingerprint density at radius 2 is 2.14 bits per heavy atom. The van der Waals surface area contributed by atoms with Crippen LogP contribution < -0.4 is 5.73 Å². The maximum atomic E-state index is 12.5. The van der Waals surface area contributed by atoms with Crippen molar-refractivity contribution in [3.05, 3.63) is 34.9 Å². The zero-order valence-corrected chi connectivity index (χ0v) is 13.3. The summed E-state index contributed by atoms with van der Waals surface area (Å²) in [6.45, 7) is 5.30. The van der Waals surface area contributed by atoms with Gasteiger partial charge in [-0.05, 0) is 37.8 Å². The van der Waals surface area contributed by atoms with Gasteiger partial charge >= 0.3 is 0 Å². The van der Waals surface area contributed by atoms with E-state index in [-0.39, 0.29) is 18.0 Å². The van der Waals surface area contributed by atoms with Gasteiger partial charge in [0, 0.05) is 26.1 Å². The summed E-state index contributed by atoms with van der Waals surface area (Å²) in [6, 6.07) is 6.31. The van der Waals surface area contributed by atoms with E-state index in [1.165, 1.54) is 16.7 Å². The largest absolute Gasteiger partial charge is 0.383 e. The zero-order valence-electron chi connectivity index (χ0n) is 13.3. The van der Waals surface area contributed by atoms with E-state index in [9.17, 15) is 4.79 Å². The first kappa shape index (κ1) is 16.0. The number of hydrogen-bond acceptors (Lipinski definition) is 3. The van der Waals surface area contributed by atoms with Crippen LogP contribution in [0.5, 0.6) is 0 Å². The molecule has 1 heterocycles. The molecular weight excluding hydrogens is 264 g/mol. The highest BCUT2D eigenvalue weighted by atomic mass is 16.5. The summed E-state index contributed by atoms with van der Waals surface area (Å²) in [4.78, 5) is 14.4. The SMILES string of the molecule is COCCN1C(=O)CCCC(N)C1c1cc(C)ccc1C. The molecule has 1 aliphatic rings. The molecular formula is C17H26N2O2. The summed E-state index contributed by atoms with van der Waals surface area (Å²) in [5.74, 6) is 0.186. The molecule has 0 spiro atoms. The number of ether oxygens (including phenoxy) is 1. The number of amides is 1. The van der Waals surface area contributed by atoms with Gasteiger partial charge in [-0.15, -0.1) is 0 Å². The van der Waals surface area contributed by atoms with Crippen molar-refractivity contribution in [1.29, 1.82) is 0 Å². The van der Waals surface area contributed by atoms with Crippen LogP contribution in [0.15, 0.2) is 18.2 Å². The molecule has 1 saturated heterocycles. The Morgan fingerprint density at radius 1 is 1.38 bits per heavy atom. The highest BCUT2D eigenvalue weighted by Crippen LogP contribution is 2.32. The number of aryl methyl sites for hydroxylation is 2. The molecule has 0 aliphatic carbocycles. The molecule has 1 fully saturated rings. The number of methoxy groups -OCH3 is 1. The number of carbonyl (C=O) groups excluding carboxylic acids is 1. The number of nitrogens with zero attached hydrogens (tertiary/aromatic N) is 1. The molecule has 1 aliphatic heterocycles. The zero-order chi connectivity index (χ0) is 15.4. The summed E-state index contributed by atoms with van der Waals surface area (Å²) in [6.07, 6.45) is 2.33. The quantitative estimate of drug-likeness (QED) is 0.926. The van der Waals surface area contributed by atoms with Crippen molar-refractivity contribution < 1.29 is 9.53 Å². The van der Waals surface area contributed by atoms with Crippen LogP contribution >= 0.6 is 0 Å². The van der Waals surface area contributed by atoms with Crippen LogP contribution in [0.4, 0.5) is 0 Å². The Bertz CT molecular complexity index is 502. The lowest BCUT2D eigenvalue weighted by Gasteiger charge is -2.35. The molecule has 2 atom stereocenters. The summed E-state index contributed by atoms with van der Waals surface area (Å²) in [5.41, 5.74) is 9.99. The van der Waals surface area contributed by atoms with Crippen LogP contribution in [0.2, 0.25) is 0 Å². The van der Waals surface area contributed by atoms with Crippen molar-refractivity contribution in [1.82, 2.24) is 4.90 Å². The lowest BCUT2D eigenvalue weighted by Crippen LogP contribution is -2.44. The normalized spacial score (nSPS) is 23.2. The molecule has 2 unspecified atom stereocenters. The van der Waals surface area contributed by atoms with E-state index in [2.05, 4.69) is 32.0 Å². The Hall–Kier alpha value is -1.39. The summed E-state index contributed by atoms with van der Waals surface area (Å²) in [5, 5.41) is 0. The van der Waals surface area contributed by atoms with Gasteiger partial charge in [0.25, 0.3) is 0 Å². The molecule has 116 valence electrons. The van der Waals surface area contributed by atoms with Crippen LogP contribution in [-0.2, 0) is 9.53 Å². The molecule has 0 bridgehead atoms. The third kappa shape index (κ3) is 3.63. The summed E-state index contributed by atoms with van der Waals surface area (Å²) >= 11 is 0. The van der Waals surface area contributed by atoms with Crippen molar-refractivity contribution in [2.24, 2.45) is 5.73 Å². The average molecular weight is 290 g/mol. The van der Waals surface area contributed by atoms with Crippen LogP contribution in [0.25, 0.3) is 0 Å². The molecule has 21 heavy (non-hydrogen) atoms. The maximum Gasteiger partial charge on any atom is 0.223 e. The van der Waals surface area contributed by atoms with E-state index < -0.39 is 0 Å². The second-order valence-corrected chi connectivity index (χ2v) is 5.94. The highest BCUT2D eigenvalue weighted by Gasteiger charge is 2.33. The molecule has 2 N–H and O–H groups in total. The van der Waals surface area contributed by atoms with Crippen molar-refractivity contribution in [2.45, 2.75) is 45.2 Å². The van der Waals surface area contributed by atoms with Gasteiger partial charge in [-0.3, -0.25) is 4.79 Å². The number of hydrogen-bond donors (Lipinski definition) is 1. The van der Waals surface area contributed by atoms with Crippen LogP contribution in [0.3, 0.4) is 0 Å². The van der Waals surface area contributed by atoms with Gasteiger partial charge in [0.15, 0.2) is 0 Å². The first-order chi connectivity index (χ1) is 10.0. The van der Waals surface area contributed by atoms with Crippen molar-refractivity contribution in [2.75, 3.05) is 20.3 Å². The standard InChI is InChI=1S/C17H26N2O2/c1-12-7-8-13(2)14(11-12)17-15(18)5-4-6-16(20)19(17)9-10-21-3/h7-8,11,15,17H,4-6,9-10,18H2,1-3H3. The van der Waals surface area contributed by atoms with Gasteiger partial charge in [-0.2, -0.15) is 0 Å². The number of nitrogens with two attached hydrogens (primary N) is 1. The lowest BCUT2D eigenvalue weighted by molar-refractivity contribution is -0.134. The van der Waals surface area contributed by atoms with E-state index in [1.807, 2.05) is 4.90 Å². The summed E-state index contributed by atoms with van der Waals surface area (Å²) < 4.78 is 5.17. The molecule has 0 radical (unpaired) electrons. The second-order valence-electron chi connectivity index (χ2n) is 5.94. The monoisotopic (exact) mass is 290 g/mol. The molecule has 1 amide bonds. The lowest BCUT2D eigenvalue weighted by atomic mass is 9.91. The van der Waals surface area contributed by atoms with Gasteiger partial charge in [0.05, 0.1) is 12.6 Å². The average Bonchev–Trinajstić information content (AvgIpc) is 2.58. The molecule has 0 aromatic heterocycles. The summed E-state index contributed by atoms with van der Waals surface area (Å²) in [7, 11) is 1.66. The number of benzene rings is 1. The highest BCUT2D eigenvalue weighted by molar-refractivity contribution is 5.77. The van der Waals surface area contributed by atoms with E-state index in [0.717, 1.165) is 12.8 Å². The number of carbonyl (C=O) groups is 1. The maximum absolute atomic E-state index is 12.5. The van der Waals surface area contributed by atoms with Crippen LogP contribution in [-0.4, -0.2) is 37.1 Å². The second kappa shape index (κ2) is 7.05.